The number of benzene rings is 1. The van der Waals surface area contributed by atoms with Crippen molar-refractivity contribution in [2.75, 3.05) is 18.6 Å². The topological polar surface area (TPSA) is 103 Å². The summed E-state index contributed by atoms with van der Waals surface area (Å²) in [6, 6.07) is 9.99. The van der Waals surface area contributed by atoms with Gasteiger partial charge < -0.3 is 29.4 Å². The molecule has 9 heteroatoms. The van der Waals surface area contributed by atoms with Crippen LogP contribution in [0.4, 0.5) is 5.69 Å². The number of H-pyrrole nitrogens is 1. The highest BCUT2D eigenvalue weighted by atomic mass is 32.1. The van der Waals surface area contributed by atoms with Crippen LogP contribution in [0.2, 0.25) is 0 Å². The van der Waals surface area contributed by atoms with Crippen LogP contribution >= 0.6 is 11.3 Å². The molecule has 4 N–H and O–H groups in total. The Morgan fingerprint density at radius 1 is 1.28 bits per heavy atom. The van der Waals surface area contributed by atoms with Crippen molar-refractivity contribution < 1.29 is 14.9 Å². The van der Waals surface area contributed by atoms with Gasteiger partial charge in [-0.05, 0) is 44.2 Å². The number of ether oxygens (including phenoxy) is 1. The van der Waals surface area contributed by atoms with Gasteiger partial charge in [-0.3, -0.25) is 10.1 Å². The molecule has 0 amide bonds. The van der Waals surface area contributed by atoms with E-state index in [9.17, 15) is 15.0 Å². The summed E-state index contributed by atoms with van der Waals surface area (Å²) in [5.74, 6) is 0.867. The van der Waals surface area contributed by atoms with Crippen molar-refractivity contribution in [3.8, 4) is 16.2 Å². The fourth-order valence-electron chi connectivity index (χ4n) is 4.85. The number of methoxy groups -OCH3 is 1. The average Bonchev–Trinajstić information content (AvgIpc) is 3.57. The van der Waals surface area contributed by atoms with Gasteiger partial charge in [0.05, 0.1) is 29.0 Å². The molecule has 4 aromatic rings. The van der Waals surface area contributed by atoms with Crippen LogP contribution in [-0.2, 0) is 25.7 Å². The van der Waals surface area contributed by atoms with Gasteiger partial charge in [0.25, 0.3) is 5.56 Å². The summed E-state index contributed by atoms with van der Waals surface area (Å²) in [7, 11) is 3.42. The number of pyridine rings is 1. The summed E-state index contributed by atoms with van der Waals surface area (Å²) < 4.78 is 7.17. The first-order chi connectivity index (χ1) is 17.1. The monoisotopic (exact) mass is 508 g/mol. The quantitative estimate of drug-likeness (QED) is 0.282. The maximum absolute atomic E-state index is 13.0. The SMILES string of the molecule is CCNC(O)c1cc2c(-c3sc(C(C)(C)O)cc3N3Cc4cccc(OC)c4C3)cn(C)c(=O)c2[nH]1. The number of nitrogens with one attached hydrogen (secondary N) is 2. The van der Waals surface area contributed by atoms with E-state index in [1.165, 1.54) is 16.9 Å². The Balaban J connectivity index is 1.70. The number of rotatable bonds is 7. The Hall–Kier alpha value is -3.11. The van der Waals surface area contributed by atoms with Crippen LogP contribution in [0, 0.1) is 0 Å². The molecule has 0 fully saturated rings. The number of aromatic amines is 1. The van der Waals surface area contributed by atoms with Gasteiger partial charge in [-0.2, -0.15) is 0 Å². The summed E-state index contributed by atoms with van der Waals surface area (Å²) >= 11 is 1.52. The van der Waals surface area contributed by atoms with Crippen molar-refractivity contribution in [1.29, 1.82) is 0 Å². The van der Waals surface area contributed by atoms with Gasteiger partial charge in [-0.15, -0.1) is 11.3 Å². The summed E-state index contributed by atoms with van der Waals surface area (Å²) in [6.45, 7) is 7.46. The van der Waals surface area contributed by atoms with Crippen molar-refractivity contribution in [3.63, 3.8) is 0 Å². The average molecular weight is 509 g/mol. The van der Waals surface area contributed by atoms with Gasteiger partial charge in [0.1, 0.15) is 17.5 Å². The molecule has 36 heavy (non-hydrogen) atoms. The molecule has 190 valence electrons. The number of hydrogen-bond acceptors (Lipinski definition) is 7. The minimum atomic E-state index is -1.02. The zero-order chi connectivity index (χ0) is 25.8. The lowest BCUT2D eigenvalue weighted by molar-refractivity contribution is 0.0826. The lowest BCUT2D eigenvalue weighted by atomic mass is 10.1. The number of anilines is 1. The van der Waals surface area contributed by atoms with Gasteiger partial charge in [-0.1, -0.05) is 19.1 Å². The van der Waals surface area contributed by atoms with Gasteiger partial charge >= 0.3 is 0 Å². The third-order valence-electron chi connectivity index (χ3n) is 6.74. The molecule has 0 radical (unpaired) electrons. The second kappa shape index (κ2) is 9.08. The van der Waals surface area contributed by atoms with Crippen molar-refractivity contribution >= 4 is 27.9 Å². The van der Waals surface area contributed by atoms with E-state index in [0.29, 0.717) is 30.8 Å². The van der Waals surface area contributed by atoms with Gasteiger partial charge in [0, 0.05) is 47.7 Å². The van der Waals surface area contributed by atoms with E-state index in [2.05, 4.69) is 27.3 Å². The molecule has 8 nitrogen and oxygen atoms in total. The minimum absolute atomic E-state index is 0.164. The van der Waals surface area contributed by atoms with Crippen LogP contribution in [0.1, 0.15) is 48.7 Å². The normalized spacial score (nSPS) is 14.5. The number of aryl methyl sites for hydroxylation is 1. The Bertz CT molecular complexity index is 1490. The van der Waals surface area contributed by atoms with Crippen molar-refractivity contribution in [3.05, 3.63) is 68.6 Å². The molecular formula is C27H32N4O4S. The fraction of sp³-hybridized carbons (Fsp3) is 0.370. The molecule has 0 spiro atoms. The first-order valence-corrected chi connectivity index (χ1v) is 12.8. The molecule has 1 unspecified atom stereocenters. The van der Waals surface area contributed by atoms with Crippen LogP contribution in [0.15, 0.2) is 41.3 Å². The summed E-state index contributed by atoms with van der Waals surface area (Å²) in [5, 5.41) is 25.1. The highest BCUT2D eigenvalue weighted by Gasteiger charge is 2.30. The number of hydrogen-bond donors (Lipinski definition) is 4. The van der Waals surface area contributed by atoms with Crippen molar-refractivity contribution in [1.82, 2.24) is 14.9 Å². The molecule has 0 aliphatic carbocycles. The fourth-order valence-corrected chi connectivity index (χ4v) is 6.06. The first kappa shape index (κ1) is 24.6. The van der Waals surface area contributed by atoms with Crippen LogP contribution in [-0.4, -0.2) is 33.4 Å². The lowest BCUT2D eigenvalue weighted by Crippen LogP contribution is -2.20. The maximum atomic E-state index is 13.0. The molecule has 3 aromatic heterocycles. The Labute approximate surface area is 213 Å². The molecular weight excluding hydrogens is 476 g/mol. The van der Waals surface area contributed by atoms with E-state index in [0.717, 1.165) is 37.7 Å². The van der Waals surface area contributed by atoms with E-state index >= 15 is 0 Å². The van der Waals surface area contributed by atoms with Gasteiger partial charge in [0.15, 0.2) is 0 Å². The first-order valence-electron chi connectivity index (χ1n) is 12.0. The number of thiophene rings is 1. The van der Waals surface area contributed by atoms with Gasteiger partial charge in [0.2, 0.25) is 0 Å². The van der Waals surface area contributed by atoms with E-state index in [1.54, 1.807) is 32.6 Å². The third-order valence-corrected chi connectivity index (χ3v) is 8.21. The minimum Gasteiger partial charge on any atom is -0.496 e. The predicted molar refractivity (Wildman–Crippen MR) is 144 cm³/mol. The zero-order valence-corrected chi connectivity index (χ0v) is 22.0. The number of aromatic nitrogens is 2. The molecule has 4 heterocycles. The lowest BCUT2D eigenvalue weighted by Gasteiger charge is -2.19. The second-order valence-corrected chi connectivity index (χ2v) is 10.8. The maximum Gasteiger partial charge on any atom is 0.274 e. The van der Waals surface area contributed by atoms with Crippen LogP contribution in [0.25, 0.3) is 21.3 Å². The van der Waals surface area contributed by atoms with E-state index in [-0.39, 0.29) is 5.56 Å². The summed E-state index contributed by atoms with van der Waals surface area (Å²) in [6.07, 6.45) is 0.935. The van der Waals surface area contributed by atoms with Crippen LogP contribution < -0.4 is 20.5 Å². The van der Waals surface area contributed by atoms with E-state index < -0.39 is 11.8 Å². The van der Waals surface area contributed by atoms with Crippen molar-refractivity contribution in [2.45, 2.75) is 45.7 Å². The van der Waals surface area contributed by atoms with Gasteiger partial charge in [-0.25, -0.2) is 0 Å². The molecule has 1 aliphatic rings. The van der Waals surface area contributed by atoms with E-state index in [4.69, 9.17) is 4.74 Å². The largest absolute Gasteiger partial charge is 0.496 e. The van der Waals surface area contributed by atoms with Crippen LogP contribution in [0.5, 0.6) is 5.75 Å². The molecule has 1 aliphatic heterocycles. The number of fused-ring (bicyclic) bond motifs is 2. The van der Waals surface area contributed by atoms with Crippen molar-refractivity contribution in [2.24, 2.45) is 7.05 Å². The Morgan fingerprint density at radius 2 is 2.06 bits per heavy atom. The van der Waals surface area contributed by atoms with Crippen LogP contribution in [0.3, 0.4) is 0 Å². The number of aliphatic hydroxyl groups excluding tert-OH is 1. The predicted octanol–water partition coefficient (Wildman–Crippen LogP) is 3.95. The second-order valence-electron chi connectivity index (χ2n) is 9.77. The third kappa shape index (κ3) is 4.12. The molecule has 5 rings (SSSR count). The summed E-state index contributed by atoms with van der Waals surface area (Å²) in [4.78, 5) is 20.2. The summed E-state index contributed by atoms with van der Waals surface area (Å²) in [5.41, 5.74) is 4.02. The van der Waals surface area contributed by atoms with E-state index in [1.807, 2.05) is 31.3 Å². The zero-order valence-electron chi connectivity index (χ0n) is 21.2. The standard InChI is InChI=1S/C27H32N4O4S/c1-6-28-25(32)19-10-16-18(13-30(4)26(33)23(16)29-19)24-20(11-22(36-24)27(2,3)34)31-12-15-8-7-9-21(35-5)17(15)14-31/h7-11,13,25,28-29,32,34H,6,12,14H2,1-5H3. The Kier molecular flexibility index (Phi) is 6.20. The molecule has 1 aromatic carbocycles. The highest BCUT2D eigenvalue weighted by Crippen LogP contribution is 2.47. The molecule has 0 saturated carbocycles. The molecule has 1 atom stereocenters. The number of nitrogens with zero attached hydrogens (tertiary/aromatic N) is 2. The molecule has 0 bridgehead atoms. The molecule has 0 saturated heterocycles. The Morgan fingerprint density at radius 3 is 2.75 bits per heavy atom. The smallest absolute Gasteiger partial charge is 0.274 e. The highest BCUT2D eigenvalue weighted by molar-refractivity contribution is 7.16. The number of aliphatic hydroxyl groups is 2.